The summed E-state index contributed by atoms with van der Waals surface area (Å²) in [6.45, 7) is 4.92. The molecule has 1 N–H and O–H groups in total. The number of carbonyl (C=O) groups is 3. The molecule has 1 aliphatic heterocycles. The zero-order valence-electron chi connectivity index (χ0n) is 21.3. The van der Waals surface area contributed by atoms with E-state index in [1.54, 1.807) is 6.92 Å². The minimum Gasteiger partial charge on any atom is -0.493 e. The van der Waals surface area contributed by atoms with E-state index in [0.29, 0.717) is 12.3 Å². The number of aromatic nitrogens is 1. The molecule has 11 nitrogen and oxygen atoms in total. The first-order chi connectivity index (χ1) is 17.3. The van der Waals surface area contributed by atoms with Crippen molar-refractivity contribution < 1.29 is 42.8 Å². The van der Waals surface area contributed by atoms with Crippen LogP contribution in [0.4, 0.5) is 0 Å². The van der Waals surface area contributed by atoms with Gasteiger partial charge in [0.15, 0.2) is 23.2 Å². The minimum atomic E-state index is -1.07. The normalized spacial score (nSPS) is 23.3. The third-order valence-electron chi connectivity index (χ3n) is 5.95. The maximum Gasteiger partial charge on any atom is 0.331 e. The SMILES string of the molecule is CCCC(O[C@H]1COC[C@H](NC(=O)c2nccc(OC)c2OCOC(C)=O)C(=O)O[C@@H](C)C1)C1CC1. The number of ether oxygens (including phenoxy) is 6. The Morgan fingerprint density at radius 3 is 2.72 bits per heavy atom. The molecule has 1 aromatic heterocycles. The van der Waals surface area contributed by atoms with Gasteiger partial charge in [-0.3, -0.25) is 9.59 Å². The molecule has 4 atom stereocenters. The van der Waals surface area contributed by atoms with E-state index in [4.69, 9.17) is 28.4 Å². The van der Waals surface area contributed by atoms with E-state index in [0.717, 1.165) is 12.8 Å². The Labute approximate surface area is 211 Å². The average molecular weight is 509 g/mol. The van der Waals surface area contributed by atoms with E-state index in [2.05, 4.69) is 17.2 Å². The van der Waals surface area contributed by atoms with Crippen molar-refractivity contribution in [3.8, 4) is 11.5 Å². The van der Waals surface area contributed by atoms with Crippen LogP contribution in [0.3, 0.4) is 0 Å². The Bertz CT molecular complexity index is 906. The molecule has 2 fully saturated rings. The summed E-state index contributed by atoms with van der Waals surface area (Å²) in [7, 11) is 1.40. The van der Waals surface area contributed by atoms with Crippen LogP contribution in [0, 0.1) is 5.92 Å². The maximum absolute atomic E-state index is 13.1. The summed E-state index contributed by atoms with van der Waals surface area (Å²) in [5, 5.41) is 2.61. The molecule has 3 rings (SSSR count). The first-order valence-electron chi connectivity index (χ1n) is 12.4. The summed E-state index contributed by atoms with van der Waals surface area (Å²) in [4.78, 5) is 41.0. The van der Waals surface area contributed by atoms with Crippen LogP contribution in [-0.2, 0) is 28.5 Å². The second kappa shape index (κ2) is 13.4. The Hall–Kier alpha value is -2.92. The molecule has 0 bridgehead atoms. The Morgan fingerprint density at radius 2 is 2.06 bits per heavy atom. The molecule has 1 unspecified atom stereocenters. The number of nitrogens with one attached hydrogen (secondary N) is 1. The van der Waals surface area contributed by atoms with Crippen molar-refractivity contribution in [2.24, 2.45) is 5.92 Å². The zero-order valence-corrected chi connectivity index (χ0v) is 21.3. The largest absolute Gasteiger partial charge is 0.493 e. The van der Waals surface area contributed by atoms with Gasteiger partial charge in [-0.2, -0.15) is 0 Å². The summed E-state index contributed by atoms with van der Waals surface area (Å²) >= 11 is 0. The molecule has 2 aliphatic rings. The van der Waals surface area contributed by atoms with Gasteiger partial charge in [0.05, 0.1) is 32.5 Å². The van der Waals surface area contributed by atoms with Gasteiger partial charge in [0.1, 0.15) is 6.10 Å². The van der Waals surface area contributed by atoms with Gasteiger partial charge in [-0.05, 0) is 32.1 Å². The summed E-state index contributed by atoms with van der Waals surface area (Å²) in [5.41, 5.74) is -0.143. The van der Waals surface area contributed by atoms with Crippen LogP contribution in [0.1, 0.15) is 63.4 Å². The molecule has 11 heteroatoms. The number of pyridine rings is 1. The lowest BCUT2D eigenvalue weighted by Crippen LogP contribution is -2.45. The van der Waals surface area contributed by atoms with Crippen LogP contribution in [-0.4, -0.2) is 74.3 Å². The number of carbonyl (C=O) groups excluding carboxylic acids is 3. The smallest absolute Gasteiger partial charge is 0.331 e. The molecule has 1 amide bonds. The van der Waals surface area contributed by atoms with Gasteiger partial charge in [-0.1, -0.05) is 13.3 Å². The summed E-state index contributed by atoms with van der Waals surface area (Å²) < 4.78 is 33.2. The van der Waals surface area contributed by atoms with Crippen LogP contribution >= 0.6 is 0 Å². The van der Waals surface area contributed by atoms with E-state index in [9.17, 15) is 14.4 Å². The second-order valence-electron chi connectivity index (χ2n) is 9.06. The van der Waals surface area contributed by atoms with E-state index < -0.39 is 36.8 Å². The quantitative estimate of drug-likeness (QED) is 0.351. The van der Waals surface area contributed by atoms with Gasteiger partial charge in [0.2, 0.25) is 6.79 Å². The topological polar surface area (TPSA) is 132 Å². The van der Waals surface area contributed by atoms with Gasteiger partial charge in [0.25, 0.3) is 5.91 Å². The number of hydrogen-bond donors (Lipinski definition) is 1. The van der Waals surface area contributed by atoms with Crippen LogP contribution in [0.2, 0.25) is 0 Å². The second-order valence-corrected chi connectivity index (χ2v) is 9.06. The first-order valence-corrected chi connectivity index (χ1v) is 12.4. The van der Waals surface area contributed by atoms with E-state index in [1.165, 1.54) is 39.1 Å². The molecule has 0 aromatic carbocycles. The van der Waals surface area contributed by atoms with Crippen molar-refractivity contribution in [2.45, 2.75) is 77.2 Å². The van der Waals surface area contributed by atoms with E-state index in [1.807, 2.05) is 0 Å². The summed E-state index contributed by atoms with van der Waals surface area (Å²) in [5.74, 6) is -1.09. The van der Waals surface area contributed by atoms with Crippen molar-refractivity contribution in [3.63, 3.8) is 0 Å². The monoisotopic (exact) mass is 508 g/mol. The van der Waals surface area contributed by atoms with Crippen molar-refractivity contribution in [1.82, 2.24) is 10.3 Å². The number of amides is 1. The molecule has 36 heavy (non-hydrogen) atoms. The Balaban J connectivity index is 1.66. The fourth-order valence-electron chi connectivity index (χ4n) is 4.05. The van der Waals surface area contributed by atoms with Gasteiger partial charge >= 0.3 is 11.9 Å². The fraction of sp³-hybridized carbons (Fsp3) is 0.680. The standard InChI is InChI=1S/C25H36N2O9/c1-5-6-20(17-7-8-17)36-18-11-15(2)35-25(30)19(13-32-12-18)27-24(29)22-23(34-14-33-16(3)28)21(31-4)9-10-26-22/h9-10,15,17-20H,5-8,11-14H2,1-4H3,(H,27,29)/t15-,18+,19-,20?/m0/s1. The lowest BCUT2D eigenvalue weighted by atomic mass is 10.1. The van der Waals surface area contributed by atoms with Crippen molar-refractivity contribution in [2.75, 3.05) is 27.1 Å². The fourth-order valence-corrected chi connectivity index (χ4v) is 4.05. The van der Waals surface area contributed by atoms with Crippen LogP contribution in [0.5, 0.6) is 11.5 Å². The number of methoxy groups -OCH3 is 1. The highest BCUT2D eigenvalue weighted by molar-refractivity contribution is 5.98. The highest BCUT2D eigenvalue weighted by Crippen LogP contribution is 2.37. The van der Waals surface area contributed by atoms with Gasteiger partial charge in [0, 0.05) is 25.6 Å². The minimum absolute atomic E-state index is 0.0278. The third kappa shape index (κ3) is 8.06. The number of nitrogens with zero attached hydrogens (tertiary/aromatic N) is 1. The van der Waals surface area contributed by atoms with Crippen molar-refractivity contribution >= 4 is 17.8 Å². The molecule has 1 aliphatic carbocycles. The van der Waals surface area contributed by atoms with Crippen LogP contribution < -0.4 is 14.8 Å². The predicted octanol–water partition coefficient (Wildman–Crippen LogP) is 2.40. The van der Waals surface area contributed by atoms with Gasteiger partial charge in [-0.25, -0.2) is 9.78 Å². The van der Waals surface area contributed by atoms with Crippen molar-refractivity contribution in [3.05, 3.63) is 18.0 Å². The Kier molecular flexibility index (Phi) is 10.3. The lowest BCUT2D eigenvalue weighted by molar-refractivity contribution is -0.152. The van der Waals surface area contributed by atoms with Gasteiger partial charge in [-0.15, -0.1) is 0 Å². The molecule has 1 saturated heterocycles. The number of hydrogen-bond acceptors (Lipinski definition) is 10. The van der Waals surface area contributed by atoms with Crippen molar-refractivity contribution in [1.29, 1.82) is 0 Å². The molecule has 1 saturated carbocycles. The predicted molar refractivity (Wildman–Crippen MR) is 127 cm³/mol. The molecular weight excluding hydrogens is 472 g/mol. The molecule has 2 heterocycles. The molecule has 0 spiro atoms. The Morgan fingerprint density at radius 1 is 1.28 bits per heavy atom. The van der Waals surface area contributed by atoms with E-state index in [-0.39, 0.29) is 42.6 Å². The molecule has 1 aromatic rings. The molecule has 200 valence electrons. The van der Waals surface area contributed by atoms with Crippen LogP contribution in [0.15, 0.2) is 12.3 Å². The zero-order chi connectivity index (χ0) is 26.1. The van der Waals surface area contributed by atoms with E-state index >= 15 is 0 Å². The first kappa shape index (κ1) is 27.7. The highest BCUT2D eigenvalue weighted by Gasteiger charge is 2.35. The number of rotatable bonds is 11. The lowest BCUT2D eigenvalue weighted by Gasteiger charge is -2.26. The maximum atomic E-state index is 13.1. The molecular formula is C25H36N2O9. The molecule has 0 radical (unpaired) electrons. The van der Waals surface area contributed by atoms with Gasteiger partial charge < -0.3 is 33.7 Å². The van der Waals surface area contributed by atoms with Crippen LogP contribution in [0.25, 0.3) is 0 Å². The average Bonchev–Trinajstić information content (AvgIpc) is 3.67. The summed E-state index contributed by atoms with van der Waals surface area (Å²) in [6.07, 6.45) is 5.83. The summed E-state index contributed by atoms with van der Waals surface area (Å²) in [6, 6.07) is 0.426. The number of cyclic esters (lactones) is 1. The highest BCUT2D eigenvalue weighted by atomic mass is 16.7. The third-order valence-corrected chi connectivity index (χ3v) is 5.95. The number of esters is 2.